The number of carbonyl (C=O) groups excluding carboxylic acids is 3. The topological polar surface area (TPSA) is 105 Å². The first-order valence-corrected chi connectivity index (χ1v) is 5.99. The van der Waals surface area contributed by atoms with Gasteiger partial charge in [-0.3, -0.25) is 4.79 Å². The van der Waals surface area contributed by atoms with Gasteiger partial charge in [-0.25, -0.2) is 9.59 Å². The fraction of sp³-hybridized carbons (Fsp3) is 0.750. The van der Waals surface area contributed by atoms with Gasteiger partial charge in [0, 0.05) is 0 Å². The van der Waals surface area contributed by atoms with Crippen LogP contribution >= 0.6 is 0 Å². The molecule has 0 aliphatic heterocycles. The SMILES string of the molecule is CCC(CC)(C(=O)ON)C(=O)OC(=O)OC(C)(C)C. The molecule has 0 aromatic carbocycles. The maximum Gasteiger partial charge on any atom is 0.516 e. The van der Waals surface area contributed by atoms with E-state index in [1.807, 2.05) is 0 Å². The minimum atomic E-state index is -1.59. The lowest BCUT2D eigenvalue weighted by Gasteiger charge is -2.25. The Balaban J connectivity index is 4.95. The highest BCUT2D eigenvalue weighted by Crippen LogP contribution is 2.30. The molecule has 0 heterocycles. The third-order valence-electron chi connectivity index (χ3n) is 2.66. The second-order valence-corrected chi connectivity index (χ2v) is 5.05. The van der Waals surface area contributed by atoms with Crippen molar-refractivity contribution in [2.45, 2.75) is 53.1 Å². The van der Waals surface area contributed by atoms with Crippen LogP contribution in [0.3, 0.4) is 0 Å². The number of carbonyl (C=O) groups is 3. The number of rotatable bonds is 4. The van der Waals surface area contributed by atoms with Crippen LogP contribution in [-0.2, 0) is 23.9 Å². The molecule has 0 bridgehead atoms. The molecule has 0 atom stereocenters. The third kappa shape index (κ3) is 4.51. The Kier molecular flexibility index (Phi) is 5.95. The van der Waals surface area contributed by atoms with Gasteiger partial charge in [-0.1, -0.05) is 13.8 Å². The number of hydrogen-bond donors (Lipinski definition) is 1. The Morgan fingerprint density at radius 1 is 1.00 bits per heavy atom. The third-order valence-corrected chi connectivity index (χ3v) is 2.66. The summed E-state index contributed by atoms with van der Waals surface area (Å²) in [5.41, 5.74) is -2.39. The van der Waals surface area contributed by atoms with Crippen LogP contribution in [0, 0.1) is 5.41 Å². The van der Waals surface area contributed by atoms with Crippen LogP contribution in [0.2, 0.25) is 0 Å². The number of esters is 1. The second kappa shape index (κ2) is 6.51. The zero-order chi connectivity index (χ0) is 15.3. The van der Waals surface area contributed by atoms with E-state index >= 15 is 0 Å². The molecule has 7 heteroatoms. The average Bonchev–Trinajstić information content (AvgIpc) is 2.28. The van der Waals surface area contributed by atoms with Gasteiger partial charge in [0.1, 0.15) is 5.60 Å². The predicted octanol–water partition coefficient (Wildman–Crippen LogP) is 1.69. The molecule has 0 aromatic heterocycles. The van der Waals surface area contributed by atoms with Crippen molar-refractivity contribution in [1.29, 1.82) is 0 Å². The van der Waals surface area contributed by atoms with Crippen LogP contribution in [0.25, 0.3) is 0 Å². The summed E-state index contributed by atoms with van der Waals surface area (Å²) >= 11 is 0. The van der Waals surface area contributed by atoms with Gasteiger partial charge in [-0.05, 0) is 33.6 Å². The molecule has 0 radical (unpaired) electrons. The van der Waals surface area contributed by atoms with Crippen LogP contribution < -0.4 is 5.90 Å². The summed E-state index contributed by atoms with van der Waals surface area (Å²) in [6, 6.07) is 0. The van der Waals surface area contributed by atoms with E-state index in [2.05, 4.69) is 9.57 Å². The minimum Gasteiger partial charge on any atom is -0.428 e. The van der Waals surface area contributed by atoms with Gasteiger partial charge in [0.05, 0.1) is 0 Å². The zero-order valence-corrected chi connectivity index (χ0v) is 11.9. The van der Waals surface area contributed by atoms with E-state index in [0.29, 0.717) is 0 Å². The highest BCUT2D eigenvalue weighted by Gasteiger charge is 2.47. The van der Waals surface area contributed by atoms with Crippen molar-refractivity contribution in [1.82, 2.24) is 0 Å². The number of nitrogens with two attached hydrogens (primary N) is 1. The van der Waals surface area contributed by atoms with Crippen LogP contribution in [-0.4, -0.2) is 23.7 Å². The Bertz CT molecular complexity index is 354. The number of ether oxygens (including phenoxy) is 2. The summed E-state index contributed by atoms with van der Waals surface area (Å²) < 4.78 is 9.38. The molecule has 0 amide bonds. The fourth-order valence-electron chi connectivity index (χ4n) is 1.47. The summed E-state index contributed by atoms with van der Waals surface area (Å²) in [4.78, 5) is 39.1. The second-order valence-electron chi connectivity index (χ2n) is 5.05. The molecule has 0 aliphatic rings. The lowest BCUT2D eigenvalue weighted by molar-refractivity contribution is -0.171. The Labute approximate surface area is 112 Å². The molecule has 0 spiro atoms. The van der Waals surface area contributed by atoms with Gasteiger partial charge in [-0.2, -0.15) is 5.90 Å². The lowest BCUT2D eigenvalue weighted by atomic mass is 9.82. The normalized spacial score (nSPS) is 11.7. The van der Waals surface area contributed by atoms with Crippen LogP contribution in [0.5, 0.6) is 0 Å². The zero-order valence-electron chi connectivity index (χ0n) is 11.9. The fourth-order valence-corrected chi connectivity index (χ4v) is 1.47. The van der Waals surface area contributed by atoms with Crippen molar-refractivity contribution in [3.63, 3.8) is 0 Å². The summed E-state index contributed by atoms with van der Waals surface area (Å²) in [6.07, 6.45) is -0.962. The van der Waals surface area contributed by atoms with Gasteiger partial charge in [-0.15, -0.1) is 0 Å². The minimum absolute atomic E-state index is 0.0984. The molecule has 7 nitrogen and oxygen atoms in total. The van der Waals surface area contributed by atoms with Crippen LogP contribution in [0.1, 0.15) is 47.5 Å². The van der Waals surface area contributed by atoms with E-state index in [1.54, 1.807) is 34.6 Å². The average molecular weight is 275 g/mol. The molecule has 0 unspecified atom stereocenters. The molecular formula is C12H21NO6. The van der Waals surface area contributed by atoms with E-state index in [0.717, 1.165) is 0 Å². The number of hydrogen-bond acceptors (Lipinski definition) is 7. The molecule has 0 rings (SSSR count). The maximum atomic E-state index is 11.9. The molecular weight excluding hydrogens is 254 g/mol. The van der Waals surface area contributed by atoms with Crippen LogP contribution in [0.15, 0.2) is 0 Å². The lowest BCUT2D eigenvalue weighted by Crippen LogP contribution is -2.43. The van der Waals surface area contributed by atoms with E-state index in [9.17, 15) is 14.4 Å². The Morgan fingerprint density at radius 2 is 1.47 bits per heavy atom. The van der Waals surface area contributed by atoms with Crippen molar-refractivity contribution < 1.29 is 28.7 Å². The molecule has 0 fully saturated rings. The van der Waals surface area contributed by atoms with E-state index in [1.165, 1.54) is 0 Å². The Morgan fingerprint density at radius 3 is 1.79 bits per heavy atom. The summed E-state index contributed by atoms with van der Waals surface area (Å²) in [5, 5.41) is 0. The van der Waals surface area contributed by atoms with Crippen molar-refractivity contribution in [3.05, 3.63) is 0 Å². The molecule has 0 aromatic rings. The summed E-state index contributed by atoms with van der Waals surface area (Å²) in [6.45, 7) is 8.06. The Hall–Kier alpha value is -1.63. The van der Waals surface area contributed by atoms with Gasteiger partial charge < -0.3 is 14.3 Å². The van der Waals surface area contributed by atoms with Crippen molar-refractivity contribution in [2.75, 3.05) is 0 Å². The van der Waals surface area contributed by atoms with Gasteiger partial charge in [0.2, 0.25) is 0 Å². The smallest absolute Gasteiger partial charge is 0.428 e. The van der Waals surface area contributed by atoms with Gasteiger partial charge >= 0.3 is 18.1 Å². The molecule has 110 valence electrons. The highest BCUT2D eigenvalue weighted by atomic mass is 16.7. The monoisotopic (exact) mass is 275 g/mol. The first kappa shape index (κ1) is 17.4. The van der Waals surface area contributed by atoms with E-state index in [4.69, 9.17) is 10.6 Å². The predicted molar refractivity (Wildman–Crippen MR) is 65.6 cm³/mol. The molecule has 2 N–H and O–H groups in total. The van der Waals surface area contributed by atoms with Gasteiger partial charge in [0.15, 0.2) is 5.41 Å². The quantitative estimate of drug-likeness (QED) is 0.472. The van der Waals surface area contributed by atoms with E-state index in [-0.39, 0.29) is 12.8 Å². The largest absolute Gasteiger partial charge is 0.516 e. The van der Waals surface area contributed by atoms with Crippen LogP contribution in [0.4, 0.5) is 4.79 Å². The highest BCUT2D eigenvalue weighted by molar-refractivity contribution is 6.02. The van der Waals surface area contributed by atoms with Crippen molar-refractivity contribution in [2.24, 2.45) is 11.3 Å². The van der Waals surface area contributed by atoms with Crippen molar-refractivity contribution >= 4 is 18.1 Å². The van der Waals surface area contributed by atoms with Gasteiger partial charge in [0.25, 0.3) is 0 Å². The van der Waals surface area contributed by atoms with Crippen molar-refractivity contribution in [3.8, 4) is 0 Å². The molecule has 0 aliphatic carbocycles. The maximum absolute atomic E-state index is 11.9. The molecule has 0 saturated heterocycles. The molecule has 0 saturated carbocycles. The molecule has 19 heavy (non-hydrogen) atoms. The summed E-state index contributed by atoms with van der Waals surface area (Å²) in [7, 11) is 0. The first-order valence-electron chi connectivity index (χ1n) is 5.99. The van der Waals surface area contributed by atoms with E-state index < -0.39 is 29.1 Å². The summed E-state index contributed by atoms with van der Waals surface area (Å²) in [5.74, 6) is 2.84. The standard InChI is InChI=1S/C12H21NO6/c1-6-12(7-2,9(15)19-13)8(14)17-10(16)18-11(3,4)5/h6-7,13H2,1-5H3. The first-order chi connectivity index (χ1) is 8.62.